The van der Waals surface area contributed by atoms with Gasteiger partial charge in [0.25, 0.3) is 0 Å². The highest BCUT2D eigenvalue weighted by molar-refractivity contribution is 5.87. The number of aromatic nitrogens is 1. The van der Waals surface area contributed by atoms with Gasteiger partial charge in [-0.05, 0) is 19.8 Å². The summed E-state index contributed by atoms with van der Waals surface area (Å²) in [5, 5.41) is 14.0. The second kappa shape index (κ2) is 4.87. The molecular formula is C12H17NO4. The van der Waals surface area contributed by atoms with Crippen LogP contribution in [-0.4, -0.2) is 22.8 Å². The summed E-state index contributed by atoms with van der Waals surface area (Å²) >= 11 is 0. The second-order valence-electron chi connectivity index (χ2n) is 4.39. The quantitative estimate of drug-likeness (QED) is 0.817. The van der Waals surface area contributed by atoms with Crippen LogP contribution in [0.4, 0.5) is 0 Å². The molecule has 0 amide bonds. The van der Waals surface area contributed by atoms with Crippen LogP contribution in [0.15, 0.2) is 10.6 Å². The third kappa shape index (κ3) is 2.49. The molecule has 1 saturated carbocycles. The van der Waals surface area contributed by atoms with Crippen molar-refractivity contribution in [1.82, 2.24) is 5.16 Å². The number of aliphatic hydroxyl groups is 1. The number of nitrogens with zero attached hydrogens (tertiary/aromatic N) is 1. The summed E-state index contributed by atoms with van der Waals surface area (Å²) in [4.78, 5) is 11.4. The van der Waals surface area contributed by atoms with Gasteiger partial charge in [-0.3, -0.25) is 0 Å². The van der Waals surface area contributed by atoms with Crippen LogP contribution >= 0.6 is 0 Å². The number of rotatable bonds is 3. The average Bonchev–Trinajstić information content (AvgIpc) is 2.80. The standard InChI is InChI=1S/C12H17NO4/c1-2-16-11(14)9-8-10(17-13-9)12(15)6-4-3-5-7-12/h8,15H,2-7H2,1H3. The van der Waals surface area contributed by atoms with Crippen LogP contribution in [0.25, 0.3) is 0 Å². The Balaban J connectivity index is 2.14. The number of hydrogen-bond acceptors (Lipinski definition) is 5. The lowest BCUT2D eigenvalue weighted by molar-refractivity contribution is -0.0242. The number of esters is 1. The van der Waals surface area contributed by atoms with Crippen LogP contribution in [0.1, 0.15) is 55.3 Å². The first-order valence-electron chi connectivity index (χ1n) is 6.02. The summed E-state index contributed by atoms with van der Waals surface area (Å²) in [5.74, 6) is -0.137. The van der Waals surface area contributed by atoms with E-state index in [2.05, 4.69) is 5.16 Å². The summed E-state index contributed by atoms with van der Waals surface area (Å²) in [7, 11) is 0. The Hall–Kier alpha value is -1.36. The van der Waals surface area contributed by atoms with Crippen molar-refractivity contribution in [1.29, 1.82) is 0 Å². The maximum absolute atomic E-state index is 11.4. The highest BCUT2D eigenvalue weighted by atomic mass is 16.5. The molecule has 1 aliphatic rings. The fourth-order valence-electron chi connectivity index (χ4n) is 2.18. The molecule has 0 spiro atoms. The van der Waals surface area contributed by atoms with Crippen LogP contribution in [0, 0.1) is 0 Å². The Kier molecular flexibility index (Phi) is 3.47. The van der Waals surface area contributed by atoms with E-state index in [1.807, 2.05) is 0 Å². The van der Waals surface area contributed by atoms with E-state index in [0.29, 0.717) is 25.2 Å². The van der Waals surface area contributed by atoms with E-state index in [0.717, 1.165) is 19.3 Å². The van der Waals surface area contributed by atoms with Gasteiger partial charge in [0.2, 0.25) is 0 Å². The summed E-state index contributed by atoms with van der Waals surface area (Å²) < 4.78 is 9.89. The fraction of sp³-hybridized carbons (Fsp3) is 0.667. The monoisotopic (exact) mass is 239 g/mol. The smallest absolute Gasteiger partial charge is 0.360 e. The molecule has 1 aromatic rings. The normalized spacial score (nSPS) is 18.9. The molecule has 1 fully saturated rings. The summed E-state index contributed by atoms with van der Waals surface area (Å²) in [6.07, 6.45) is 4.37. The van der Waals surface area contributed by atoms with Gasteiger partial charge in [-0.2, -0.15) is 0 Å². The third-order valence-corrected chi connectivity index (χ3v) is 3.13. The summed E-state index contributed by atoms with van der Waals surface area (Å²) in [5.41, 5.74) is -0.837. The Morgan fingerprint density at radius 2 is 2.24 bits per heavy atom. The minimum atomic E-state index is -0.962. The lowest BCUT2D eigenvalue weighted by Gasteiger charge is -2.29. The number of ether oxygens (including phenoxy) is 1. The summed E-state index contributed by atoms with van der Waals surface area (Å²) in [6, 6.07) is 1.49. The minimum absolute atomic E-state index is 0.126. The molecular weight excluding hydrogens is 222 g/mol. The Morgan fingerprint density at radius 1 is 1.53 bits per heavy atom. The van der Waals surface area contributed by atoms with Crippen molar-refractivity contribution >= 4 is 5.97 Å². The number of carbonyl (C=O) groups is 1. The molecule has 0 bridgehead atoms. The maximum atomic E-state index is 11.4. The van der Waals surface area contributed by atoms with Crippen LogP contribution in [0.5, 0.6) is 0 Å². The zero-order valence-corrected chi connectivity index (χ0v) is 9.94. The molecule has 94 valence electrons. The number of carbonyl (C=O) groups excluding carboxylic acids is 1. The first-order chi connectivity index (χ1) is 8.15. The molecule has 17 heavy (non-hydrogen) atoms. The largest absolute Gasteiger partial charge is 0.461 e. The van der Waals surface area contributed by atoms with E-state index in [4.69, 9.17) is 9.26 Å². The fourth-order valence-corrected chi connectivity index (χ4v) is 2.18. The molecule has 5 nitrogen and oxygen atoms in total. The van der Waals surface area contributed by atoms with E-state index >= 15 is 0 Å². The molecule has 1 aromatic heterocycles. The molecule has 5 heteroatoms. The van der Waals surface area contributed by atoms with Gasteiger partial charge in [0.15, 0.2) is 11.5 Å². The van der Waals surface area contributed by atoms with Crippen LogP contribution in [0.3, 0.4) is 0 Å². The molecule has 0 unspecified atom stereocenters. The van der Waals surface area contributed by atoms with Gasteiger partial charge in [0, 0.05) is 6.07 Å². The van der Waals surface area contributed by atoms with Gasteiger partial charge in [0.05, 0.1) is 6.61 Å². The van der Waals surface area contributed by atoms with Crippen LogP contribution in [0.2, 0.25) is 0 Å². The van der Waals surface area contributed by atoms with Crippen LogP contribution < -0.4 is 0 Å². The van der Waals surface area contributed by atoms with Crippen molar-refractivity contribution in [2.75, 3.05) is 6.61 Å². The molecule has 1 aliphatic carbocycles. The van der Waals surface area contributed by atoms with Crippen molar-refractivity contribution in [2.45, 2.75) is 44.6 Å². The molecule has 1 N–H and O–H groups in total. The average molecular weight is 239 g/mol. The lowest BCUT2D eigenvalue weighted by atomic mass is 9.83. The predicted molar refractivity (Wildman–Crippen MR) is 59.4 cm³/mol. The SMILES string of the molecule is CCOC(=O)c1cc(C2(O)CCCCC2)on1. The Labute approximate surface area is 99.7 Å². The van der Waals surface area contributed by atoms with E-state index < -0.39 is 11.6 Å². The van der Waals surface area contributed by atoms with E-state index in [-0.39, 0.29) is 5.69 Å². The first kappa shape index (κ1) is 12.1. The Morgan fingerprint density at radius 3 is 2.88 bits per heavy atom. The lowest BCUT2D eigenvalue weighted by Crippen LogP contribution is -2.27. The predicted octanol–water partition coefficient (Wildman–Crippen LogP) is 2.00. The van der Waals surface area contributed by atoms with Gasteiger partial charge in [-0.15, -0.1) is 0 Å². The minimum Gasteiger partial charge on any atom is -0.461 e. The van der Waals surface area contributed by atoms with E-state index in [1.165, 1.54) is 6.07 Å². The maximum Gasteiger partial charge on any atom is 0.360 e. The van der Waals surface area contributed by atoms with Crippen molar-refractivity contribution in [3.05, 3.63) is 17.5 Å². The highest BCUT2D eigenvalue weighted by Crippen LogP contribution is 2.37. The van der Waals surface area contributed by atoms with Crippen molar-refractivity contribution < 1.29 is 19.2 Å². The molecule has 0 aromatic carbocycles. The van der Waals surface area contributed by atoms with Crippen molar-refractivity contribution in [2.24, 2.45) is 0 Å². The highest BCUT2D eigenvalue weighted by Gasteiger charge is 2.35. The van der Waals surface area contributed by atoms with Crippen molar-refractivity contribution in [3.8, 4) is 0 Å². The topological polar surface area (TPSA) is 72.6 Å². The van der Waals surface area contributed by atoms with Crippen LogP contribution in [-0.2, 0) is 10.3 Å². The molecule has 1 heterocycles. The number of hydrogen-bond donors (Lipinski definition) is 1. The van der Waals surface area contributed by atoms with Gasteiger partial charge in [-0.1, -0.05) is 24.4 Å². The Bertz CT molecular complexity index is 393. The zero-order chi connectivity index (χ0) is 12.3. The molecule has 0 aliphatic heterocycles. The molecule has 0 saturated heterocycles. The van der Waals surface area contributed by atoms with Gasteiger partial charge >= 0.3 is 5.97 Å². The van der Waals surface area contributed by atoms with Gasteiger partial charge in [0.1, 0.15) is 5.60 Å². The molecule has 0 atom stereocenters. The molecule has 2 rings (SSSR count). The third-order valence-electron chi connectivity index (χ3n) is 3.13. The van der Waals surface area contributed by atoms with E-state index in [1.54, 1.807) is 6.92 Å². The van der Waals surface area contributed by atoms with Gasteiger partial charge in [-0.25, -0.2) is 4.79 Å². The van der Waals surface area contributed by atoms with Gasteiger partial charge < -0.3 is 14.4 Å². The van der Waals surface area contributed by atoms with E-state index in [9.17, 15) is 9.90 Å². The summed E-state index contributed by atoms with van der Waals surface area (Å²) in [6.45, 7) is 2.03. The zero-order valence-electron chi connectivity index (χ0n) is 9.94. The van der Waals surface area contributed by atoms with Crippen molar-refractivity contribution in [3.63, 3.8) is 0 Å². The first-order valence-corrected chi connectivity index (χ1v) is 6.02. The molecule has 0 radical (unpaired) electrons. The second-order valence-corrected chi connectivity index (χ2v) is 4.39.